The molecule has 5 nitrogen and oxygen atoms in total. The zero-order chi connectivity index (χ0) is 14.8. The van der Waals surface area contributed by atoms with Gasteiger partial charge in [0, 0.05) is 29.6 Å². The minimum Gasteiger partial charge on any atom is -0.364 e. The first-order valence-electron chi connectivity index (χ1n) is 6.33. The van der Waals surface area contributed by atoms with Crippen LogP contribution in [0.4, 0.5) is 5.82 Å². The van der Waals surface area contributed by atoms with E-state index in [2.05, 4.69) is 15.3 Å². The number of rotatable bonds is 2. The highest BCUT2D eigenvalue weighted by molar-refractivity contribution is 6.03. The third kappa shape index (κ3) is 3.12. The average molecular weight is 271 g/mol. The second-order valence-electron chi connectivity index (χ2n) is 5.54. The van der Waals surface area contributed by atoms with Gasteiger partial charge in [0.1, 0.15) is 11.4 Å². The molecule has 1 amide bonds. The molecule has 2 rings (SSSR count). The van der Waals surface area contributed by atoms with Crippen molar-refractivity contribution in [3.63, 3.8) is 0 Å². The van der Waals surface area contributed by atoms with Crippen molar-refractivity contribution in [3.8, 4) is 0 Å². The molecule has 5 heteroatoms. The second kappa shape index (κ2) is 5.28. The first-order chi connectivity index (χ1) is 9.38. The van der Waals surface area contributed by atoms with Crippen molar-refractivity contribution < 1.29 is 4.79 Å². The summed E-state index contributed by atoms with van der Waals surface area (Å²) in [4.78, 5) is 31.0. The molecular weight excluding hydrogens is 254 g/mol. The highest BCUT2D eigenvalue weighted by Gasteiger charge is 2.18. The van der Waals surface area contributed by atoms with Crippen LogP contribution in [0.1, 0.15) is 36.8 Å². The Kier molecular flexibility index (Phi) is 3.70. The van der Waals surface area contributed by atoms with Crippen molar-refractivity contribution in [3.05, 3.63) is 58.1 Å². The van der Waals surface area contributed by atoms with Crippen LogP contribution in [0.15, 0.2) is 41.5 Å². The molecule has 2 N–H and O–H groups in total. The summed E-state index contributed by atoms with van der Waals surface area (Å²) in [6.07, 6.45) is 3.02. The Bertz CT molecular complexity index is 670. The third-order valence-electron chi connectivity index (χ3n) is 2.87. The number of anilines is 1. The van der Waals surface area contributed by atoms with E-state index in [0.29, 0.717) is 5.82 Å². The van der Waals surface area contributed by atoms with E-state index in [1.807, 2.05) is 20.8 Å². The van der Waals surface area contributed by atoms with Gasteiger partial charge in [-0.05, 0) is 12.1 Å². The molecule has 0 radical (unpaired) electrons. The number of nitrogens with zero attached hydrogens (tertiary/aromatic N) is 1. The van der Waals surface area contributed by atoms with Crippen LogP contribution in [0.25, 0.3) is 0 Å². The van der Waals surface area contributed by atoms with E-state index in [4.69, 9.17) is 0 Å². The van der Waals surface area contributed by atoms with Gasteiger partial charge in [-0.1, -0.05) is 26.8 Å². The average Bonchev–Trinajstić information content (AvgIpc) is 2.38. The minimum atomic E-state index is -0.467. The molecule has 104 valence electrons. The Balaban J connectivity index is 2.26. The fraction of sp³-hybridized carbons (Fsp3) is 0.267. The van der Waals surface area contributed by atoms with E-state index in [1.54, 1.807) is 24.4 Å². The van der Waals surface area contributed by atoms with Gasteiger partial charge < -0.3 is 10.3 Å². The molecule has 2 aromatic heterocycles. The molecule has 2 heterocycles. The fourth-order valence-electron chi connectivity index (χ4n) is 1.70. The predicted octanol–water partition coefficient (Wildman–Crippen LogP) is 2.32. The van der Waals surface area contributed by atoms with E-state index in [0.717, 1.165) is 5.69 Å². The molecule has 0 fully saturated rings. The summed E-state index contributed by atoms with van der Waals surface area (Å²) < 4.78 is 0. The molecular formula is C15H17N3O2. The van der Waals surface area contributed by atoms with Crippen LogP contribution in [0, 0.1) is 0 Å². The number of H-pyrrole nitrogens is 1. The lowest BCUT2D eigenvalue weighted by molar-refractivity contribution is 0.102. The third-order valence-corrected chi connectivity index (χ3v) is 2.87. The van der Waals surface area contributed by atoms with Gasteiger partial charge in [0.05, 0.1) is 0 Å². The Morgan fingerprint density at radius 1 is 1.30 bits per heavy atom. The van der Waals surface area contributed by atoms with E-state index in [9.17, 15) is 9.59 Å². The first kappa shape index (κ1) is 14.0. The summed E-state index contributed by atoms with van der Waals surface area (Å²) in [6.45, 7) is 5.98. The van der Waals surface area contributed by atoms with E-state index in [-0.39, 0.29) is 16.4 Å². The van der Waals surface area contributed by atoms with Crippen LogP contribution in [0.2, 0.25) is 0 Å². The molecule has 0 saturated heterocycles. The van der Waals surface area contributed by atoms with Crippen molar-refractivity contribution in [2.24, 2.45) is 0 Å². The lowest BCUT2D eigenvalue weighted by Gasteiger charge is -2.18. The van der Waals surface area contributed by atoms with Crippen molar-refractivity contribution in [1.82, 2.24) is 9.97 Å². The van der Waals surface area contributed by atoms with Crippen LogP contribution >= 0.6 is 0 Å². The molecule has 2 aromatic rings. The van der Waals surface area contributed by atoms with Gasteiger partial charge in [0.15, 0.2) is 5.43 Å². The number of carbonyl (C=O) groups excluding carboxylic acids is 1. The maximum absolute atomic E-state index is 12.0. The van der Waals surface area contributed by atoms with Gasteiger partial charge in [0.2, 0.25) is 0 Å². The number of hydrogen-bond acceptors (Lipinski definition) is 3. The SMILES string of the molecule is CC(C)(C)c1cc(=O)c(C(=O)Nc2ccccn2)c[nH]1. The van der Waals surface area contributed by atoms with Crippen LogP contribution in [-0.2, 0) is 5.41 Å². The van der Waals surface area contributed by atoms with Gasteiger partial charge >= 0.3 is 0 Å². The molecule has 0 aliphatic rings. The van der Waals surface area contributed by atoms with E-state index in [1.165, 1.54) is 12.3 Å². The van der Waals surface area contributed by atoms with Crippen molar-refractivity contribution in [2.45, 2.75) is 26.2 Å². The molecule has 0 aliphatic carbocycles. The molecule has 0 aliphatic heterocycles. The van der Waals surface area contributed by atoms with Crippen LogP contribution in [0.5, 0.6) is 0 Å². The van der Waals surface area contributed by atoms with E-state index < -0.39 is 5.91 Å². The Morgan fingerprint density at radius 2 is 2.05 bits per heavy atom. The Hall–Kier alpha value is -2.43. The zero-order valence-corrected chi connectivity index (χ0v) is 11.7. The Labute approximate surface area is 117 Å². The van der Waals surface area contributed by atoms with Crippen molar-refractivity contribution in [2.75, 3.05) is 5.32 Å². The number of amides is 1. The maximum atomic E-state index is 12.0. The molecule has 0 aromatic carbocycles. The van der Waals surface area contributed by atoms with E-state index >= 15 is 0 Å². The van der Waals surface area contributed by atoms with Crippen LogP contribution < -0.4 is 10.7 Å². The van der Waals surface area contributed by atoms with Crippen molar-refractivity contribution >= 4 is 11.7 Å². The lowest BCUT2D eigenvalue weighted by Crippen LogP contribution is -2.25. The van der Waals surface area contributed by atoms with Gasteiger partial charge in [-0.2, -0.15) is 0 Å². The van der Waals surface area contributed by atoms with Gasteiger partial charge in [-0.25, -0.2) is 4.98 Å². The summed E-state index contributed by atoms with van der Waals surface area (Å²) in [7, 11) is 0. The van der Waals surface area contributed by atoms with Crippen LogP contribution in [0.3, 0.4) is 0 Å². The largest absolute Gasteiger partial charge is 0.364 e. The van der Waals surface area contributed by atoms with Gasteiger partial charge in [-0.15, -0.1) is 0 Å². The highest BCUT2D eigenvalue weighted by atomic mass is 16.2. The predicted molar refractivity (Wildman–Crippen MR) is 78.0 cm³/mol. The van der Waals surface area contributed by atoms with Crippen LogP contribution in [-0.4, -0.2) is 15.9 Å². The number of nitrogens with one attached hydrogen (secondary N) is 2. The number of pyridine rings is 2. The molecule has 0 saturated carbocycles. The summed E-state index contributed by atoms with van der Waals surface area (Å²) >= 11 is 0. The highest BCUT2D eigenvalue weighted by Crippen LogP contribution is 2.18. The van der Waals surface area contributed by atoms with Gasteiger partial charge in [0.25, 0.3) is 5.91 Å². The summed E-state index contributed by atoms with van der Waals surface area (Å²) in [5.41, 5.74) is 0.387. The number of aromatic amines is 1. The monoisotopic (exact) mass is 271 g/mol. The molecule has 0 spiro atoms. The maximum Gasteiger partial charge on any atom is 0.262 e. The quantitative estimate of drug-likeness (QED) is 0.880. The number of carbonyl (C=O) groups is 1. The normalized spacial score (nSPS) is 11.2. The second-order valence-corrected chi connectivity index (χ2v) is 5.54. The molecule has 0 unspecified atom stereocenters. The topological polar surface area (TPSA) is 74.8 Å². The number of hydrogen-bond donors (Lipinski definition) is 2. The summed E-state index contributed by atoms with van der Waals surface area (Å²) in [5, 5.41) is 2.59. The standard InChI is InChI=1S/C15H17N3O2/c1-15(2,3)12-8-11(19)10(9-17-12)14(20)18-13-6-4-5-7-16-13/h4-9H,1-3H3,(H,17,19)(H,16,18,20). The fourth-order valence-corrected chi connectivity index (χ4v) is 1.70. The van der Waals surface area contributed by atoms with Crippen molar-refractivity contribution in [1.29, 1.82) is 0 Å². The summed E-state index contributed by atoms with van der Waals surface area (Å²) in [5.74, 6) is -0.0535. The minimum absolute atomic E-state index is 0.0728. The molecule has 0 atom stereocenters. The number of aromatic nitrogens is 2. The zero-order valence-electron chi connectivity index (χ0n) is 11.7. The Morgan fingerprint density at radius 3 is 2.60 bits per heavy atom. The molecule has 0 bridgehead atoms. The van der Waals surface area contributed by atoms with Gasteiger partial charge in [-0.3, -0.25) is 9.59 Å². The first-order valence-corrected chi connectivity index (χ1v) is 6.33. The summed E-state index contributed by atoms with van der Waals surface area (Å²) in [6, 6.07) is 6.64. The smallest absolute Gasteiger partial charge is 0.262 e. The lowest BCUT2D eigenvalue weighted by atomic mass is 9.91. The molecule has 20 heavy (non-hydrogen) atoms.